The van der Waals surface area contributed by atoms with E-state index >= 15 is 0 Å². The highest BCUT2D eigenvalue weighted by molar-refractivity contribution is 7.91. The van der Waals surface area contributed by atoms with Crippen molar-refractivity contribution < 1.29 is 35.9 Å². The molecule has 1 aromatic heterocycles. The molecule has 7 nitrogen and oxygen atoms in total. The maximum absolute atomic E-state index is 12.2. The Morgan fingerprint density at radius 2 is 1.80 bits per heavy atom. The molecule has 0 radical (unpaired) electrons. The number of rotatable bonds is 7. The van der Waals surface area contributed by atoms with E-state index < -0.39 is 22.3 Å². The predicted octanol–water partition coefficient (Wildman–Crippen LogP) is 3.91. The van der Waals surface area contributed by atoms with E-state index in [1.807, 2.05) is 0 Å². The van der Waals surface area contributed by atoms with Gasteiger partial charge in [-0.2, -0.15) is 0 Å². The molecule has 0 aliphatic carbocycles. The molecule has 0 spiro atoms. The molecule has 162 valence electrons. The standard InChI is InChI=1S/C19H19F3N2O5S/c1-12(2)11-30(25,26)18-8-7-15(10-23-18)27-17-9-16(29-24-17)13-3-5-14(6-4-13)28-19(20,21)22/h3-10,12,16,24H,11H2,1-2H3/t16-/m1/s1. The fraction of sp³-hybridized carbons (Fsp3) is 0.316. The quantitative estimate of drug-likeness (QED) is 0.693. The third-order valence-corrected chi connectivity index (χ3v) is 5.82. The summed E-state index contributed by atoms with van der Waals surface area (Å²) < 4.78 is 70.4. The summed E-state index contributed by atoms with van der Waals surface area (Å²) in [5.74, 6) is 0.153. The van der Waals surface area contributed by atoms with E-state index in [4.69, 9.17) is 9.57 Å². The van der Waals surface area contributed by atoms with Crippen LogP contribution in [0.15, 0.2) is 59.6 Å². The van der Waals surface area contributed by atoms with Crippen molar-refractivity contribution in [2.45, 2.75) is 31.3 Å². The Balaban J connectivity index is 1.64. The molecular formula is C19H19F3N2O5S. The molecule has 1 N–H and O–H groups in total. The molecule has 3 rings (SSSR count). The first-order valence-corrected chi connectivity index (χ1v) is 10.5. The Labute approximate surface area is 171 Å². The number of halogens is 3. The third-order valence-electron chi connectivity index (χ3n) is 3.84. The van der Waals surface area contributed by atoms with Crippen LogP contribution in [0.4, 0.5) is 13.2 Å². The summed E-state index contributed by atoms with van der Waals surface area (Å²) in [5.41, 5.74) is 3.13. The van der Waals surface area contributed by atoms with E-state index in [0.29, 0.717) is 5.56 Å². The number of hydrogen-bond acceptors (Lipinski definition) is 7. The lowest BCUT2D eigenvalue weighted by Crippen LogP contribution is -2.17. The average Bonchev–Trinajstić information content (AvgIpc) is 3.09. The van der Waals surface area contributed by atoms with Crippen LogP contribution >= 0.6 is 0 Å². The maximum Gasteiger partial charge on any atom is 0.573 e. The molecule has 0 fully saturated rings. The summed E-state index contributed by atoms with van der Waals surface area (Å²) in [5, 5.41) is -0.0350. The SMILES string of the molecule is CC(C)CS(=O)(=O)c1ccc(OC2=C[C@H](c3ccc(OC(F)(F)F)cc3)ON2)cn1. The van der Waals surface area contributed by atoms with Gasteiger partial charge in [0.05, 0.1) is 11.9 Å². The minimum absolute atomic E-state index is 0.00473. The molecule has 0 unspecified atom stereocenters. The van der Waals surface area contributed by atoms with Gasteiger partial charge in [0, 0.05) is 6.08 Å². The molecule has 0 bridgehead atoms. The molecule has 2 heterocycles. The largest absolute Gasteiger partial charge is 0.573 e. The predicted molar refractivity (Wildman–Crippen MR) is 99.9 cm³/mol. The van der Waals surface area contributed by atoms with Crippen LogP contribution < -0.4 is 15.0 Å². The van der Waals surface area contributed by atoms with Crippen molar-refractivity contribution in [1.82, 2.24) is 10.5 Å². The molecule has 1 aromatic carbocycles. The second-order valence-corrected chi connectivity index (χ2v) is 8.88. The van der Waals surface area contributed by atoms with Crippen molar-refractivity contribution in [1.29, 1.82) is 0 Å². The van der Waals surface area contributed by atoms with E-state index in [0.717, 1.165) is 0 Å². The first-order valence-electron chi connectivity index (χ1n) is 8.88. The van der Waals surface area contributed by atoms with Gasteiger partial charge in [0.25, 0.3) is 0 Å². The zero-order valence-electron chi connectivity index (χ0n) is 16.0. The van der Waals surface area contributed by atoms with Crippen LogP contribution in [0, 0.1) is 5.92 Å². The number of sulfone groups is 1. The van der Waals surface area contributed by atoms with E-state index in [2.05, 4.69) is 15.2 Å². The van der Waals surface area contributed by atoms with Crippen molar-refractivity contribution in [3.8, 4) is 11.5 Å². The zero-order valence-corrected chi connectivity index (χ0v) is 16.8. The normalized spacial score (nSPS) is 16.9. The lowest BCUT2D eigenvalue weighted by molar-refractivity contribution is -0.274. The van der Waals surface area contributed by atoms with Gasteiger partial charge in [-0.3, -0.25) is 4.84 Å². The van der Waals surface area contributed by atoms with Gasteiger partial charge in [0.2, 0.25) is 5.88 Å². The molecule has 0 amide bonds. The number of hydrogen-bond donors (Lipinski definition) is 1. The highest BCUT2D eigenvalue weighted by atomic mass is 32.2. The summed E-state index contributed by atoms with van der Waals surface area (Å²) in [6, 6.07) is 8.06. The van der Waals surface area contributed by atoms with Gasteiger partial charge in [0.15, 0.2) is 14.9 Å². The van der Waals surface area contributed by atoms with Gasteiger partial charge in [-0.15, -0.1) is 13.2 Å². The Bertz CT molecular complexity index is 1000. The molecule has 1 atom stereocenters. The lowest BCUT2D eigenvalue weighted by atomic mass is 10.1. The van der Waals surface area contributed by atoms with Crippen molar-refractivity contribution in [3.63, 3.8) is 0 Å². The number of aromatic nitrogens is 1. The molecule has 30 heavy (non-hydrogen) atoms. The Hall–Kier alpha value is -2.79. The van der Waals surface area contributed by atoms with Gasteiger partial charge < -0.3 is 9.47 Å². The minimum atomic E-state index is -4.76. The van der Waals surface area contributed by atoms with E-state index in [1.165, 1.54) is 42.6 Å². The first kappa shape index (κ1) is 21.9. The molecule has 0 saturated heterocycles. The van der Waals surface area contributed by atoms with Crippen molar-refractivity contribution in [2.24, 2.45) is 5.92 Å². The summed E-state index contributed by atoms with van der Waals surface area (Å²) in [7, 11) is -3.47. The van der Waals surface area contributed by atoms with Gasteiger partial charge >= 0.3 is 6.36 Å². The Morgan fingerprint density at radius 3 is 2.37 bits per heavy atom. The van der Waals surface area contributed by atoms with Crippen LogP contribution in [0.1, 0.15) is 25.5 Å². The van der Waals surface area contributed by atoms with E-state index in [9.17, 15) is 21.6 Å². The molecule has 1 aliphatic rings. The number of pyridine rings is 1. The lowest BCUT2D eigenvalue weighted by Gasteiger charge is -2.11. The van der Waals surface area contributed by atoms with Crippen molar-refractivity contribution >= 4 is 9.84 Å². The summed E-state index contributed by atoms with van der Waals surface area (Å²) in [6.07, 6.45) is -2.50. The summed E-state index contributed by atoms with van der Waals surface area (Å²) in [4.78, 5) is 9.29. The summed E-state index contributed by atoms with van der Waals surface area (Å²) in [6.45, 7) is 3.61. The van der Waals surface area contributed by atoms with E-state index in [1.54, 1.807) is 19.9 Å². The highest BCUT2D eigenvalue weighted by Crippen LogP contribution is 2.29. The van der Waals surface area contributed by atoms with Crippen LogP contribution in [0.3, 0.4) is 0 Å². The molecule has 1 aliphatic heterocycles. The first-order chi connectivity index (χ1) is 14.0. The van der Waals surface area contributed by atoms with Gasteiger partial charge in [-0.25, -0.2) is 18.9 Å². The Morgan fingerprint density at radius 1 is 1.13 bits per heavy atom. The van der Waals surface area contributed by atoms with Crippen LogP contribution in [0.5, 0.6) is 11.5 Å². The van der Waals surface area contributed by atoms with Crippen molar-refractivity contribution in [2.75, 3.05) is 5.75 Å². The highest BCUT2D eigenvalue weighted by Gasteiger charge is 2.31. The third kappa shape index (κ3) is 5.86. The number of benzene rings is 1. The van der Waals surface area contributed by atoms with E-state index in [-0.39, 0.29) is 34.1 Å². The number of alkyl halides is 3. The zero-order chi connectivity index (χ0) is 21.9. The molecule has 2 aromatic rings. The smallest absolute Gasteiger partial charge is 0.438 e. The number of hydroxylamine groups is 1. The van der Waals surface area contributed by atoms with Crippen LogP contribution in [-0.4, -0.2) is 25.5 Å². The minimum Gasteiger partial charge on any atom is -0.438 e. The maximum atomic E-state index is 12.2. The van der Waals surface area contributed by atoms with Crippen LogP contribution in [0.25, 0.3) is 0 Å². The molecule has 11 heteroatoms. The Kier molecular flexibility index (Phi) is 6.22. The fourth-order valence-corrected chi connectivity index (χ4v) is 4.20. The van der Waals surface area contributed by atoms with Crippen LogP contribution in [-0.2, 0) is 14.7 Å². The topological polar surface area (TPSA) is 86.8 Å². The molecular weight excluding hydrogens is 425 g/mol. The fourth-order valence-electron chi connectivity index (χ4n) is 2.67. The monoisotopic (exact) mass is 444 g/mol. The number of ether oxygens (including phenoxy) is 2. The molecule has 0 saturated carbocycles. The van der Waals surface area contributed by atoms with Gasteiger partial charge in [-0.1, -0.05) is 26.0 Å². The van der Waals surface area contributed by atoms with Gasteiger partial charge in [0.1, 0.15) is 17.6 Å². The van der Waals surface area contributed by atoms with Gasteiger partial charge in [-0.05, 0) is 35.7 Å². The second kappa shape index (κ2) is 8.52. The number of nitrogens with one attached hydrogen (secondary N) is 1. The summed E-state index contributed by atoms with van der Waals surface area (Å²) >= 11 is 0. The van der Waals surface area contributed by atoms with Crippen LogP contribution in [0.2, 0.25) is 0 Å². The number of nitrogens with zero attached hydrogens (tertiary/aromatic N) is 1. The average molecular weight is 444 g/mol. The second-order valence-electron chi connectivity index (χ2n) is 6.90. The van der Waals surface area contributed by atoms with Crippen molar-refractivity contribution in [3.05, 3.63) is 60.1 Å².